The third-order valence-corrected chi connectivity index (χ3v) is 4.58. The number of morpholine rings is 1. The van der Waals surface area contributed by atoms with E-state index in [1.54, 1.807) is 0 Å². The molecule has 0 bridgehead atoms. The minimum Gasteiger partial charge on any atom is -0.375 e. The average Bonchev–Trinajstić information content (AvgIpc) is 3.40. The standard InChI is InChI=1S/C18H25N3O3/c1-11(20-18(23)16-12(2)24-10-9-19-16)13-5-7-15(8-6-13)21-17(22)14-3-4-14/h5-8,11-12,14,16,19H,3-4,9-10H2,1-2H3,(H,20,23)(H,21,22)/t11?,12-,16+/m1/s1. The Balaban J connectivity index is 1.55. The van der Waals surface area contributed by atoms with Gasteiger partial charge in [0.15, 0.2) is 0 Å². The third kappa shape index (κ3) is 4.13. The van der Waals surface area contributed by atoms with Gasteiger partial charge in [-0.1, -0.05) is 12.1 Å². The van der Waals surface area contributed by atoms with Crippen molar-refractivity contribution in [3.63, 3.8) is 0 Å². The molecule has 3 rings (SSSR count). The van der Waals surface area contributed by atoms with E-state index in [0.29, 0.717) is 13.2 Å². The number of hydrogen-bond donors (Lipinski definition) is 3. The first-order valence-corrected chi connectivity index (χ1v) is 8.61. The summed E-state index contributed by atoms with van der Waals surface area (Å²) in [5, 5.41) is 9.12. The lowest BCUT2D eigenvalue weighted by Gasteiger charge is -2.30. The fourth-order valence-corrected chi connectivity index (χ4v) is 2.86. The van der Waals surface area contributed by atoms with E-state index in [0.717, 1.165) is 24.1 Å². The molecular formula is C18H25N3O3. The first-order valence-electron chi connectivity index (χ1n) is 8.61. The molecule has 1 aromatic rings. The highest BCUT2D eigenvalue weighted by Gasteiger charge is 2.30. The van der Waals surface area contributed by atoms with Gasteiger partial charge in [0.1, 0.15) is 6.04 Å². The second-order valence-corrected chi connectivity index (χ2v) is 6.62. The van der Waals surface area contributed by atoms with Gasteiger partial charge in [0, 0.05) is 18.2 Å². The molecule has 2 amide bonds. The van der Waals surface area contributed by atoms with Crippen LogP contribution in [-0.2, 0) is 14.3 Å². The van der Waals surface area contributed by atoms with Crippen molar-refractivity contribution in [1.82, 2.24) is 10.6 Å². The number of carbonyl (C=O) groups excluding carboxylic acids is 2. The molecule has 0 aromatic heterocycles. The number of benzene rings is 1. The van der Waals surface area contributed by atoms with Crippen molar-refractivity contribution in [3.05, 3.63) is 29.8 Å². The van der Waals surface area contributed by atoms with Crippen LogP contribution in [0.15, 0.2) is 24.3 Å². The summed E-state index contributed by atoms with van der Waals surface area (Å²) >= 11 is 0. The Morgan fingerprint density at radius 3 is 2.54 bits per heavy atom. The number of carbonyl (C=O) groups is 2. The van der Waals surface area contributed by atoms with E-state index in [4.69, 9.17) is 4.74 Å². The van der Waals surface area contributed by atoms with Gasteiger partial charge in [-0.15, -0.1) is 0 Å². The number of rotatable bonds is 5. The fraction of sp³-hybridized carbons (Fsp3) is 0.556. The summed E-state index contributed by atoms with van der Waals surface area (Å²) in [5.41, 5.74) is 1.79. The highest BCUT2D eigenvalue weighted by atomic mass is 16.5. The van der Waals surface area contributed by atoms with Gasteiger partial charge in [0.05, 0.1) is 18.8 Å². The Labute approximate surface area is 142 Å². The molecular weight excluding hydrogens is 306 g/mol. The van der Waals surface area contributed by atoms with Crippen LogP contribution < -0.4 is 16.0 Å². The molecule has 1 saturated carbocycles. The molecule has 3 N–H and O–H groups in total. The molecule has 130 valence electrons. The minimum absolute atomic E-state index is 0.0548. The number of nitrogens with one attached hydrogen (secondary N) is 3. The predicted molar refractivity (Wildman–Crippen MR) is 91.6 cm³/mol. The zero-order valence-electron chi connectivity index (χ0n) is 14.2. The van der Waals surface area contributed by atoms with E-state index in [9.17, 15) is 9.59 Å². The van der Waals surface area contributed by atoms with Crippen LogP contribution in [0.5, 0.6) is 0 Å². The molecule has 6 nitrogen and oxygen atoms in total. The van der Waals surface area contributed by atoms with E-state index >= 15 is 0 Å². The molecule has 2 fully saturated rings. The second kappa shape index (κ2) is 7.32. The van der Waals surface area contributed by atoms with Crippen LogP contribution in [0.2, 0.25) is 0 Å². The van der Waals surface area contributed by atoms with Gasteiger partial charge in [0.2, 0.25) is 11.8 Å². The van der Waals surface area contributed by atoms with Crippen molar-refractivity contribution in [2.75, 3.05) is 18.5 Å². The summed E-state index contributed by atoms with van der Waals surface area (Å²) < 4.78 is 5.51. The first kappa shape index (κ1) is 16.9. The van der Waals surface area contributed by atoms with Gasteiger partial charge in [-0.2, -0.15) is 0 Å². The van der Waals surface area contributed by atoms with Gasteiger partial charge >= 0.3 is 0 Å². The van der Waals surface area contributed by atoms with Crippen LogP contribution >= 0.6 is 0 Å². The van der Waals surface area contributed by atoms with Crippen molar-refractivity contribution >= 4 is 17.5 Å². The van der Waals surface area contributed by atoms with Gasteiger partial charge in [-0.25, -0.2) is 0 Å². The van der Waals surface area contributed by atoms with Crippen molar-refractivity contribution in [2.24, 2.45) is 5.92 Å². The number of amides is 2. The number of anilines is 1. The summed E-state index contributed by atoms with van der Waals surface area (Å²) in [7, 11) is 0. The smallest absolute Gasteiger partial charge is 0.240 e. The van der Waals surface area contributed by atoms with E-state index < -0.39 is 0 Å². The quantitative estimate of drug-likeness (QED) is 0.765. The molecule has 1 heterocycles. The van der Waals surface area contributed by atoms with Gasteiger partial charge in [-0.3, -0.25) is 9.59 Å². The van der Waals surface area contributed by atoms with Gasteiger partial charge in [-0.05, 0) is 44.4 Å². The van der Waals surface area contributed by atoms with Crippen LogP contribution in [0.4, 0.5) is 5.69 Å². The van der Waals surface area contributed by atoms with E-state index in [-0.39, 0.29) is 35.9 Å². The highest BCUT2D eigenvalue weighted by Crippen LogP contribution is 2.30. The summed E-state index contributed by atoms with van der Waals surface area (Å²) in [6.07, 6.45) is 1.85. The molecule has 1 aromatic carbocycles. The molecule has 2 aliphatic rings. The number of hydrogen-bond acceptors (Lipinski definition) is 4. The molecule has 1 aliphatic heterocycles. The monoisotopic (exact) mass is 331 g/mol. The molecule has 3 atom stereocenters. The molecule has 1 aliphatic carbocycles. The maximum Gasteiger partial charge on any atom is 0.240 e. The normalized spacial score (nSPS) is 24.9. The van der Waals surface area contributed by atoms with E-state index in [2.05, 4.69) is 16.0 Å². The van der Waals surface area contributed by atoms with Crippen LogP contribution in [-0.4, -0.2) is 37.1 Å². The first-order chi connectivity index (χ1) is 11.5. The SMILES string of the molecule is CC(NC(=O)[C@H]1NCCO[C@@H]1C)c1ccc(NC(=O)C2CC2)cc1. The Morgan fingerprint density at radius 2 is 1.92 bits per heavy atom. The molecule has 1 saturated heterocycles. The lowest BCUT2D eigenvalue weighted by atomic mass is 10.1. The minimum atomic E-state index is -0.321. The van der Waals surface area contributed by atoms with Crippen LogP contribution in [0.25, 0.3) is 0 Å². The lowest BCUT2D eigenvalue weighted by molar-refractivity contribution is -0.129. The molecule has 6 heteroatoms. The van der Waals surface area contributed by atoms with Gasteiger partial charge in [0.25, 0.3) is 0 Å². The van der Waals surface area contributed by atoms with Crippen molar-refractivity contribution < 1.29 is 14.3 Å². The molecule has 0 spiro atoms. The second-order valence-electron chi connectivity index (χ2n) is 6.62. The van der Waals surface area contributed by atoms with Gasteiger partial charge < -0.3 is 20.7 Å². The Kier molecular flexibility index (Phi) is 5.16. The van der Waals surface area contributed by atoms with E-state index in [1.165, 1.54) is 0 Å². The zero-order chi connectivity index (χ0) is 17.1. The maximum absolute atomic E-state index is 12.4. The van der Waals surface area contributed by atoms with Crippen molar-refractivity contribution in [1.29, 1.82) is 0 Å². The summed E-state index contributed by atoms with van der Waals surface area (Å²) in [6.45, 7) is 5.17. The third-order valence-electron chi connectivity index (χ3n) is 4.58. The Bertz CT molecular complexity index is 598. The maximum atomic E-state index is 12.4. The summed E-state index contributed by atoms with van der Waals surface area (Å²) in [4.78, 5) is 24.1. The molecule has 24 heavy (non-hydrogen) atoms. The van der Waals surface area contributed by atoms with E-state index in [1.807, 2.05) is 38.1 Å². The molecule has 1 unspecified atom stereocenters. The van der Waals surface area contributed by atoms with Crippen LogP contribution in [0.3, 0.4) is 0 Å². The Morgan fingerprint density at radius 1 is 1.21 bits per heavy atom. The average molecular weight is 331 g/mol. The van der Waals surface area contributed by atoms with Crippen molar-refractivity contribution in [3.8, 4) is 0 Å². The summed E-state index contributed by atoms with van der Waals surface area (Å²) in [6, 6.07) is 7.19. The van der Waals surface area contributed by atoms with Crippen molar-refractivity contribution in [2.45, 2.75) is 44.9 Å². The number of ether oxygens (including phenoxy) is 1. The molecule has 0 radical (unpaired) electrons. The highest BCUT2D eigenvalue weighted by molar-refractivity contribution is 5.94. The fourth-order valence-electron chi connectivity index (χ4n) is 2.86. The van der Waals surface area contributed by atoms with Crippen LogP contribution in [0.1, 0.15) is 38.3 Å². The lowest BCUT2D eigenvalue weighted by Crippen LogP contribution is -2.55. The Hall–Kier alpha value is -1.92. The summed E-state index contributed by atoms with van der Waals surface area (Å²) in [5.74, 6) is 0.234. The largest absolute Gasteiger partial charge is 0.375 e. The zero-order valence-corrected chi connectivity index (χ0v) is 14.2. The topological polar surface area (TPSA) is 79.5 Å². The predicted octanol–water partition coefficient (Wildman–Crippen LogP) is 1.59. The van der Waals surface area contributed by atoms with Crippen LogP contribution in [0, 0.1) is 5.92 Å².